The summed E-state index contributed by atoms with van der Waals surface area (Å²) < 4.78 is 13.1. The second kappa shape index (κ2) is 5.18. The van der Waals surface area contributed by atoms with Crippen LogP contribution in [0.1, 0.15) is 12.8 Å². The average Bonchev–Trinajstić information content (AvgIpc) is 3.11. The van der Waals surface area contributed by atoms with E-state index in [4.69, 9.17) is 23.2 Å². The van der Waals surface area contributed by atoms with Crippen LogP contribution in [-0.2, 0) is 0 Å². The maximum absolute atomic E-state index is 13.1. The fourth-order valence-electron chi connectivity index (χ4n) is 2.88. The Bertz CT molecular complexity index is 822. The highest BCUT2D eigenvalue weighted by atomic mass is 35.5. The van der Waals surface area contributed by atoms with E-state index in [0.29, 0.717) is 22.9 Å². The molecule has 4 nitrogen and oxygen atoms in total. The Morgan fingerprint density at radius 2 is 2.09 bits per heavy atom. The van der Waals surface area contributed by atoms with Crippen molar-refractivity contribution in [3.8, 4) is 11.1 Å². The Balaban J connectivity index is 1.86. The van der Waals surface area contributed by atoms with E-state index in [0.717, 1.165) is 27.7 Å². The van der Waals surface area contributed by atoms with E-state index in [2.05, 4.69) is 20.5 Å². The number of rotatable bonds is 3. The van der Waals surface area contributed by atoms with Crippen LogP contribution >= 0.6 is 23.2 Å². The number of anilines is 1. The topological polar surface area (TPSA) is 56.5 Å². The van der Waals surface area contributed by atoms with E-state index < -0.39 is 6.17 Å². The van der Waals surface area contributed by atoms with Crippen molar-refractivity contribution in [2.45, 2.75) is 25.1 Å². The van der Waals surface area contributed by atoms with Crippen LogP contribution in [0.2, 0.25) is 10.0 Å². The van der Waals surface area contributed by atoms with Gasteiger partial charge in [0, 0.05) is 40.6 Å². The first-order valence-corrected chi connectivity index (χ1v) is 7.78. The zero-order chi connectivity index (χ0) is 15.3. The van der Waals surface area contributed by atoms with Crippen LogP contribution in [0, 0.1) is 0 Å². The summed E-state index contributed by atoms with van der Waals surface area (Å²) in [4.78, 5) is 3.17. The molecule has 1 saturated carbocycles. The van der Waals surface area contributed by atoms with Crippen LogP contribution in [0.3, 0.4) is 0 Å². The quantitative estimate of drug-likeness (QED) is 0.643. The van der Waals surface area contributed by atoms with Crippen molar-refractivity contribution in [2.75, 3.05) is 5.32 Å². The predicted molar refractivity (Wildman–Crippen MR) is 87.4 cm³/mol. The van der Waals surface area contributed by atoms with Crippen molar-refractivity contribution < 1.29 is 4.39 Å². The molecule has 0 unspecified atom stereocenters. The van der Waals surface area contributed by atoms with E-state index in [9.17, 15) is 4.39 Å². The number of hydrogen-bond donors (Lipinski definition) is 3. The lowest BCUT2D eigenvalue weighted by atomic mass is 9.90. The molecule has 3 aromatic rings. The summed E-state index contributed by atoms with van der Waals surface area (Å²) in [6.07, 6.45) is 5.77. The first kappa shape index (κ1) is 13.9. The monoisotopic (exact) mass is 338 g/mol. The summed E-state index contributed by atoms with van der Waals surface area (Å²) in [6, 6.07) is 1.93. The number of benzene rings is 1. The number of H-pyrrole nitrogens is 2. The van der Waals surface area contributed by atoms with Gasteiger partial charge in [-0.15, -0.1) is 0 Å². The number of alkyl halides is 1. The number of aromatic amines is 2. The second-order valence-electron chi connectivity index (χ2n) is 5.57. The third-order valence-electron chi connectivity index (χ3n) is 4.10. The van der Waals surface area contributed by atoms with Crippen molar-refractivity contribution >= 4 is 39.8 Å². The van der Waals surface area contributed by atoms with Gasteiger partial charge in [-0.25, -0.2) is 4.39 Å². The Labute approximate surface area is 136 Å². The number of nitrogens with zero attached hydrogens (tertiary/aromatic N) is 1. The molecule has 0 bridgehead atoms. The SMILES string of the molecule is FC1CC(Nc2cc(Cl)c(Cl)c3[nH]cc(-c4cn[nH]c4)c23)C1. The highest BCUT2D eigenvalue weighted by Gasteiger charge is 2.29. The molecule has 0 aliphatic heterocycles. The minimum absolute atomic E-state index is 0.127. The zero-order valence-corrected chi connectivity index (χ0v) is 13.0. The van der Waals surface area contributed by atoms with Gasteiger partial charge in [0.25, 0.3) is 0 Å². The zero-order valence-electron chi connectivity index (χ0n) is 11.5. The smallest absolute Gasteiger partial charge is 0.104 e. The number of hydrogen-bond acceptors (Lipinski definition) is 2. The first-order valence-electron chi connectivity index (χ1n) is 7.02. The summed E-state index contributed by atoms with van der Waals surface area (Å²) >= 11 is 12.5. The highest BCUT2D eigenvalue weighted by molar-refractivity contribution is 6.46. The van der Waals surface area contributed by atoms with E-state index in [1.807, 2.05) is 12.4 Å². The van der Waals surface area contributed by atoms with Gasteiger partial charge < -0.3 is 10.3 Å². The molecule has 2 heterocycles. The van der Waals surface area contributed by atoms with Crippen LogP contribution < -0.4 is 5.32 Å². The number of halogens is 3. The van der Waals surface area contributed by atoms with Gasteiger partial charge in [-0.1, -0.05) is 23.2 Å². The van der Waals surface area contributed by atoms with Gasteiger partial charge in [-0.2, -0.15) is 5.10 Å². The van der Waals surface area contributed by atoms with Crippen LogP contribution in [-0.4, -0.2) is 27.4 Å². The van der Waals surface area contributed by atoms with Crippen molar-refractivity contribution in [2.24, 2.45) is 0 Å². The molecule has 114 valence electrons. The third-order valence-corrected chi connectivity index (χ3v) is 4.89. The van der Waals surface area contributed by atoms with Crippen LogP contribution in [0.25, 0.3) is 22.0 Å². The lowest BCUT2D eigenvalue weighted by Crippen LogP contribution is -2.36. The molecule has 1 aliphatic carbocycles. The lowest BCUT2D eigenvalue weighted by molar-refractivity contribution is 0.192. The Kier molecular flexibility index (Phi) is 3.27. The van der Waals surface area contributed by atoms with E-state index in [1.54, 1.807) is 12.3 Å². The molecule has 22 heavy (non-hydrogen) atoms. The molecule has 0 saturated heterocycles. The minimum atomic E-state index is -0.713. The number of nitrogens with one attached hydrogen (secondary N) is 3. The highest BCUT2D eigenvalue weighted by Crippen LogP contribution is 2.42. The first-order chi connectivity index (χ1) is 10.6. The lowest BCUT2D eigenvalue weighted by Gasteiger charge is -2.31. The summed E-state index contributed by atoms with van der Waals surface area (Å²) in [5, 5.41) is 12.1. The molecule has 3 N–H and O–H groups in total. The van der Waals surface area contributed by atoms with Crippen LogP contribution in [0.5, 0.6) is 0 Å². The maximum Gasteiger partial charge on any atom is 0.104 e. The van der Waals surface area contributed by atoms with Gasteiger partial charge in [-0.3, -0.25) is 5.10 Å². The van der Waals surface area contributed by atoms with E-state index in [-0.39, 0.29) is 6.04 Å². The second-order valence-corrected chi connectivity index (χ2v) is 6.35. The van der Waals surface area contributed by atoms with Crippen molar-refractivity contribution in [3.63, 3.8) is 0 Å². The standard InChI is InChI=1S/C15H13Cl2FN4/c16-11-3-12(22-9-1-8(18)2-9)13-10(7-4-20-21-5-7)6-19-15(13)14(11)17/h3-6,8-9,19,22H,1-2H2,(H,20,21). The van der Waals surface area contributed by atoms with Gasteiger partial charge >= 0.3 is 0 Å². The van der Waals surface area contributed by atoms with E-state index >= 15 is 0 Å². The minimum Gasteiger partial charge on any atom is -0.381 e. The summed E-state index contributed by atoms with van der Waals surface area (Å²) in [7, 11) is 0. The van der Waals surface area contributed by atoms with Gasteiger partial charge in [0.1, 0.15) is 6.17 Å². The van der Waals surface area contributed by atoms with Gasteiger partial charge in [0.05, 0.1) is 21.8 Å². The fraction of sp³-hybridized carbons (Fsp3) is 0.267. The fourth-order valence-corrected chi connectivity index (χ4v) is 3.29. The van der Waals surface area contributed by atoms with E-state index in [1.165, 1.54) is 0 Å². The molecule has 0 radical (unpaired) electrons. The molecule has 1 fully saturated rings. The summed E-state index contributed by atoms with van der Waals surface area (Å²) in [6.45, 7) is 0. The molecule has 1 aromatic carbocycles. The molecule has 0 amide bonds. The summed E-state index contributed by atoms with van der Waals surface area (Å²) in [5.41, 5.74) is 3.55. The molecular weight excluding hydrogens is 326 g/mol. The van der Waals surface area contributed by atoms with Gasteiger partial charge in [0.15, 0.2) is 0 Å². The summed E-state index contributed by atoms with van der Waals surface area (Å²) in [5.74, 6) is 0. The normalized spacial score (nSPS) is 21.0. The van der Waals surface area contributed by atoms with Crippen LogP contribution in [0.15, 0.2) is 24.7 Å². The predicted octanol–water partition coefficient (Wildman–Crippen LogP) is 4.78. The Morgan fingerprint density at radius 3 is 2.77 bits per heavy atom. The Morgan fingerprint density at radius 1 is 1.27 bits per heavy atom. The molecule has 0 atom stereocenters. The van der Waals surface area contributed by atoms with Crippen LogP contribution in [0.4, 0.5) is 10.1 Å². The molecule has 1 aliphatic rings. The van der Waals surface area contributed by atoms with Crippen molar-refractivity contribution in [1.82, 2.24) is 15.2 Å². The third kappa shape index (κ3) is 2.16. The molecule has 7 heteroatoms. The number of aromatic nitrogens is 3. The Hall–Kier alpha value is -1.72. The van der Waals surface area contributed by atoms with Gasteiger partial charge in [0.2, 0.25) is 0 Å². The molecule has 4 rings (SSSR count). The maximum atomic E-state index is 13.1. The molecule has 2 aromatic heterocycles. The molecule has 0 spiro atoms. The van der Waals surface area contributed by atoms with Crippen molar-refractivity contribution in [3.05, 3.63) is 34.7 Å². The molecular formula is C15H13Cl2FN4. The van der Waals surface area contributed by atoms with Gasteiger partial charge in [-0.05, 0) is 18.9 Å². The average molecular weight is 339 g/mol. The largest absolute Gasteiger partial charge is 0.381 e. The number of fused-ring (bicyclic) bond motifs is 1. The van der Waals surface area contributed by atoms with Crippen molar-refractivity contribution in [1.29, 1.82) is 0 Å².